The molecule has 0 aliphatic rings. The van der Waals surface area contributed by atoms with E-state index in [0.29, 0.717) is 11.1 Å². The Morgan fingerprint density at radius 3 is 2.83 bits per heavy atom. The van der Waals surface area contributed by atoms with Crippen molar-refractivity contribution in [1.29, 1.82) is 5.41 Å². The van der Waals surface area contributed by atoms with Gasteiger partial charge in [0.25, 0.3) is 0 Å². The van der Waals surface area contributed by atoms with E-state index < -0.39 is 12.2 Å². The Hall–Kier alpha value is -2.08. The van der Waals surface area contributed by atoms with Crippen molar-refractivity contribution in [2.75, 3.05) is 6.54 Å². The number of nitrogens with two attached hydrogens (primary N) is 1. The molecule has 0 radical (unpaired) electrons. The predicted molar refractivity (Wildman–Crippen MR) is 67.1 cm³/mol. The molecule has 0 aliphatic carbocycles. The second-order valence-electron chi connectivity index (χ2n) is 3.79. The highest BCUT2D eigenvalue weighted by Crippen LogP contribution is 2.20. The number of azide groups is 1. The van der Waals surface area contributed by atoms with Crippen molar-refractivity contribution in [3.8, 4) is 0 Å². The topological polar surface area (TPSA) is 139 Å². The number of hydrogen-bond acceptors (Lipinski definition) is 4. The maximum Gasteiger partial charge on any atom is 0.122 e. The fourth-order valence-corrected chi connectivity index (χ4v) is 1.50. The summed E-state index contributed by atoms with van der Waals surface area (Å²) in [4.78, 5) is 2.56. The van der Waals surface area contributed by atoms with Crippen LogP contribution in [0.25, 0.3) is 10.4 Å². The van der Waals surface area contributed by atoms with Gasteiger partial charge in [0.15, 0.2) is 0 Å². The van der Waals surface area contributed by atoms with E-state index in [-0.39, 0.29) is 18.8 Å². The molecule has 1 rings (SSSR count). The Labute approximate surface area is 104 Å². The average Bonchev–Trinajstić information content (AvgIpc) is 2.38. The number of aliphatic hydroxyl groups excluding tert-OH is 2. The molecule has 2 unspecified atom stereocenters. The summed E-state index contributed by atoms with van der Waals surface area (Å²) >= 11 is 0. The number of amidine groups is 1. The van der Waals surface area contributed by atoms with Crippen LogP contribution in [0.4, 0.5) is 0 Å². The number of nitrogens with one attached hydrogen (secondary N) is 1. The summed E-state index contributed by atoms with van der Waals surface area (Å²) in [5, 5.41) is 30.2. The molecule has 1 aromatic rings. The number of rotatable bonds is 6. The molecule has 0 aliphatic heterocycles. The second kappa shape index (κ2) is 6.61. The number of nitrogens with zero attached hydrogens (tertiary/aromatic N) is 3. The fraction of sp³-hybridized carbons (Fsp3) is 0.364. The van der Waals surface area contributed by atoms with Crippen molar-refractivity contribution >= 4 is 5.84 Å². The lowest BCUT2D eigenvalue weighted by Gasteiger charge is -2.17. The molecule has 18 heavy (non-hydrogen) atoms. The molecule has 0 bridgehead atoms. The number of benzene rings is 1. The third kappa shape index (κ3) is 3.74. The number of aliphatic hydroxyl groups is 2. The zero-order chi connectivity index (χ0) is 13.5. The van der Waals surface area contributed by atoms with Gasteiger partial charge in [-0.05, 0) is 23.6 Å². The summed E-state index contributed by atoms with van der Waals surface area (Å²) < 4.78 is 0. The summed E-state index contributed by atoms with van der Waals surface area (Å²) in [6.45, 7) is 0.112. The Morgan fingerprint density at radius 2 is 2.22 bits per heavy atom. The highest BCUT2D eigenvalue weighted by Gasteiger charge is 2.18. The first kappa shape index (κ1) is 14.0. The maximum absolute atomic E-state index is 9.90. The minimum absolute atomic E-state index is 0.104. The molecule has 7 nitrogen and oxygen atoms in total. The van der Waals surface area contributed by atoms with Crippen molar-refractivity contribution in [3.05, 3.63) is 45.8 Å². The van der Waals surface area contributed by atoms with Gasteiger partial charge in [-0.25, -0.2) is 0 Å². The van der Waals surface area contributed by atoms with Gasteiger partial charge in [0.05, 0.1) is 6.10 Å². The first-order valence-electron chi connectivity index (χ1n) is 5.37. The number of hydrogen-bond donors (Lipinski definition) is 4. The molecule has 5 N–H and O–H groups in total. The molecular formula is C11H15N5O2. The van der Waals surface area contributed by atoms with Crippen molar-refractivity contribution < 1.29 is 10.2 Å². The summed E-state index contributed by atoms with van der Waals surface area (Å²) in [5.74, 6) is -0.104. The van der Waals surface area contributed by atoms with Crippen LogP contribution in [0.2, 0.25) is 0 Å². The van der Waals surface area contributed by atoms with Gasteiger partial charge in [0.1, 0.15) is 11.9 Å². The molecule has 0 amide bonds. The van der Waals surface area contributed by atoms with E-state index in [2.05, 4.69) is 10.0 Å². The Morgan fingerprint density at radius 1 is 1.50 bits per heavy atom. The zero-order valence-electron chi connectivity index (χ0n) is 9.69. The van der Waals surface area contributed by atoms with Gasteiger partial charge in [-0.1, -0.05) is 23.3 Å². The van der Waals surface area contributed by atoms with E-state index in [0.717, 1.165) is 0 Å². The smallest absolute Gasteiger partial charge is 0.122 e. The van der Waals surface area contributed by atoms with E-state index in [1.165, 1.54) is 0 Å². The molecule has 0 saturated carbocycles. The molecule has 0 fully saturated rings. The van der Waals surface area contributed by atoms with Gasteiger partial charge < -0.3 is 15.9 Å². The van der Waals surface area contributed by atoms with E-state index in [9.17, 15) is 10.2 Å². The van der Waals surface area contributed by atoms with Crippen molar-refractivity contribution in [3.63, 3.8) is 0 Å². The number of nitrogen functional groups attached to an aromatic ring is 1. The van der Waals surface area contributed by atoms with Gasteiger partial charge in [0.2, 0.25) is 0 Å². The standard InChI is InChI=1S/C11H15N5O2/c12-11(13)8-3-1-2-7(6-8)10(18)9(17)4-5-15-16-14/h1-3,6,9-10,17-18H,4-5H2,(H3,12,13). The van der Waals surface area contributed by atoms with Gasteiger partial charge in [0, 0.05) is 17.0 Å². The average molecular weight is 249 g/mol. The second-order valence-corrected chi connectivity index (χ2v) is 3.79. The highest BCUT2D eigenvalue weighted by molar-refractivity contribution is 5.95. The van der Waals surface area contributed by atoms with Gasteiger partial charge in [-0.15, -0.1) is 0 Å². The van der Waals surface area contributed by atoms with E-state index in [4.69, 9.17) is 16.7 Å². The van der Waals surface area contributed by atoms with Crippen LogP contribution in [-0.2, 0) is 0 Å². The molecule has 96 valence electrons. The third-order valence-electron chi connectivity index (χ3n) is 2.49. The Bertz CT molecular complexity index is 470. The van der Waals surface area contributed by atoms with Crippen LogP contribution in [0.15, 0.2) is 29.4 Å². The molecule has 0 heterocycles. The normalized spacial score (nSPS) is 13.4. The molecule has 1 aromatic carbocycles. The van der Waals surface area contributed by atoms with Crippen LogP contribution >= 0.6 is 0 Å². The lowest BCUT2D eigenvalue weighted by atomic mass is 10.00. The summed E-state index contributed by atoms with van der Waals surface area (Å²) in [7, 11) is 0. The van der Waals surface area contributed by atoms with Gasteiger partial charge in [-0.3, -0.25) is 5.41 Å². The van der Waals surface area contributed by atoms with Crippen LogP contribution in [0.5, 0.6) is 0 Å². The molecule has 7 heteroatoms. The summed E-state index contributed by atoms with van der Waals surface area (Å²) in [6, 6.07) is 6.47. The summed E-state index contributed by atoms with van der Waals surface area (Å²) in [5.41, 5.74) is 14.4. The first-order chi connectivity index (χ1) is 8.56. The van der Waals surface area contributed by atoms with E-state index >= 15 is 0 Å². The zero-order valence-corrected chi connectivity index (χ0v) is 9.69. The van der Waals surface area contributed by atoms with E-state index in [1.807, 2.05) is 0 Å². The van der Waals surface area contributed by atoms with Crippen LogP contribution in [-0.4, -0.2) is 28.7 Å². The largest absolute Gasteiger partial charge is 0.390 e. The third-order valence-corrected chi connectivity index (χ3v) is 2.49. The molecular weight excluding hydrogens is 234 g/mol. The summed E-state index contributed by atoms with van der Waals surface area (Å²) in [6.07, 6.45) is -1.97. The lowest BCUT2D eigenvalue weighted by Crippen LogP contribution is -2.20. The SMILES string of the molecule is [N-]=[N+]=NCCC(O)C(O)c1cccc(C(=N)N)c1. The van der Waals surface area contributed by atoms with E-state index in [1.54, 1.807) is 24.3 Å². The van der Waals surface area contributed by atoms with Crippen LogP contribution < -0.4 is 5.73 Å². The Balaban J connectivity index is 2.76. The lowest BCUT2D eigenvalue weighted by molar-refractivity contribution is 0.0150. The molecule has 0 aromatic heterocycles. The van der Waals surface area contributed by atoms with Crippen molar-refractivity contribution in [2.45, 2.75) is 18.6 Å². The Kier molecular flexibility index (Phi) is 5.13. The minimum Gasteiger partial charge on any atom is -0.390 e. The predicted octanol–water partition coefficient (Wildman–Crippen LogP) is 1.07. The highest BCUT2D eigenvalue weighted by atomic mass is 16.3. The molecule has 0 spiro atoms. The molecule has 2 atom stereocenters. The quantitative estimate of drug-likeness (QED) is 0.197. The first-order valence-corrected chi connectivity index (χ1v) is 5.37. The van der Waals surface area contributed by atoms with Crippen molar-refractivity contribution in [2.24, 2.45) is 10.8 Å². The fourth-order valence-electron chi connectivity index (χ4n) is 1.50. The molecule has 0 saturated heterocycles. The van der Waals surface area contributed by atoms with Crippen LogP contribution in [0.1, 0.15) is 23.7 Å². The minimum atomic E-state index is -1.10. The van der Waals surface area contributed by atoms with Crippen LogP contribution in [0, 0.1) is 5.41 Å². The van der Waals surface area contributed by atoms with Crippen LogP contribution in [0.3, 0.4) is 0 Å². The van der Waals surface area contributed by atoms with Gasteiger partial charge in [-0.2, -0.15) is 0 Å². The van der Waals surface area contributed by atoms with Gasteiger partial charge >= 0.3 is 0 Å². The maximum atomic E-state index is 9.90. The van der Waals surface area contributed by atoms with Crippen molar-refractivity contribution in [1.82, 2.24) is 0 Å². The monoisotopic (exact) mass is 249 g/mol.